The Hall–Kier alpha value is -3.39. The lowest BCUT2D eigenvalue weighted by Crippen LogP contribution is -2.43. The third-order valence-corrected chi connectivity index (χ3v) is 7.16. The number of hydrogen-bond donors (Lipinski definition) is 1. The van der Waals surface area contributed by atoms with Gasteiger partial charge >= 0.3 is 21.7 Å². The molecule has 1 aliphatic rings. The molecule has 0 spiro atoms. The van der Waals surface area contributed by atoms with Crippen molar-refractivity contribution >= 4 is 27.1 Å². The highest BCUT2D eigenvalue weighted by atomic mass is 32.2. The number of nitrogens with one attached hydrogen (secondary N) is 1. The third kappa shape index (κ3) is 6.33. The topological polar surface area (TPSA) is 122 Å². The number of ether oxygens (including phenoxy) is 2. The molecule has 14 heteroatoms. The van der Waals surface area contributed by atoms with Crippen LogP contribution in [0.2, 0.25) is 0 Å². The second-order valence-electron chi connectivity index (χ2n) is 11.0. The molecule has 1 aromatic carbocycles. The minimum absolute atomic E-state index is 0.00824. The number of alkyl carbamates (subject to hydrolysis) is 1. The van der Waals surface area contributed by atoms with Gasteiger partial charge in [0.1, 0.15) is 5.60 Å². The normalized spacial score (nSPS) is 17.1. The van der Waals surface area contributed by atoms with Crippen LogP contribution in [-0.4, -0.2) is 47.0 Å². The van der Waals surface area contributed by atoms with Gasteiger partial charge in [-0.2, -0.15) is 26.7 Å². The third-order valence-electron chi connectivity index (χ3n) is 6.21. The van der Waals surface area contributed by atoms with E-state index in [0.29, 0.717) is 24.1 Å². The van der Waals surface area contributed by atoms with E-state index in [-0.39, 0.29) is 16.6 Å². The van der Waals surface area contributed by atoms with Gasteiger partial charge in [0.15, 0.2) is 12.0 Å². The predicted octanol–water partition coefficient (Wildman–Crippen LogP) is 5.79. The number of aromatic nitrogens is 3. The van der Waals surface area contributed by atoms with Gasteiger partial charge in [-0.25, -0.2) is 9.48 Å². The molecule has 4 rings (SSSR count). The number of amides is 1. The predicted molar refractivity (Wildman–Crippen MR) is 140 cm³/mol. The maximum atomic E-state index is 13.3. The highest BCUT2D eigenvalue weighted by Crippen LogP contribution is 2.41. The number of nitrogens with zero attached hydrogens (tertiary/aromatic N) is 3. The molecule has 0 bridgehead atoms. The number of pyridine rings is 1. The van der Waals surface area contributed by atoms with Crippen LogP contribution in [0.1, 0.15) is 65.7 Å². The zero-order valence-corrected chi connectivity index (χ0v) is 23.5. The maximum absolute atomic E-state index is 13.3. The van der Waals surface area contributed by atoms with Gasteiger partial charge in [-0.05, 0) is 77.6 Å². The second-order valence-corrected chi connectivity index (χ2v) is 12.5. The number of alkyl halides is 3. The molecule has 10 nitrogen and oxygen atoms in total. The van der Waals surface area contributed by atoms with E-state index in [1.165, 1.54) is 29.2 Å². The molecular formula is C26H31F3N4O6S. The van der Waals surface area contributed by atoms with E-state index in [1.54, 1.807) is 46.8 Å². The smallest absolute Gasteiger partial charge is 0.444 e. The largest absolute Gasteiger partial charge is 0.534 e. The molecule has 2 aromatic heterocycles. The number of fused-ring (bicyclic) bond motifs is 1. The van der Waals surface area contributed by atoms with E-state index in [1.807, 2.05) is 0 Å². The number of halogens is 3. The van der Waals surface area contributed by atoms with Crippen molar-refractivity contribution < 1.29 is 40.0 Å². The molecule has 1 aliphatic heterocycles. The van der Waals surface area contributed by atoms with Crippen LogP contribution >= 0.6 is 0 Å². The molecular weight excluding hydrogens is 553 g/mol. The van der Waals surface area contributed by atoms with E-state index in [9.17, 15) is 26.4 Å². The summed E-state index contributed by atoms with van der Waals surface area (Å²) in [5.41, 5.74) is -6.20. The quantitative estimate of drug-likeness (QED) is 0.286. The van der Waals surface area contributed by atoms with Crippen LogP contribution in [0.25, 0.3) is 22.2 Å². The van der Waals surface area contributed by atoms with Gasteiger partial charge < -0.3 is 19.0 Å². The summed E-state index contributed by atoms with van der Waals surface area (Å²) in [5, 5.41) is 7.07. The lowest BCUT2D eigenvalue weighted by molar-refractivity contribution is -0.0499. The molecule has 0 radical (unpaired) electrons. The van der Waals surface area contributed by atoms with Crippen LogP contribution in [0.4, 0.5) is 18.0 Å². The highest BCUT2D eigenvalue weighted by molar-refractivity contribution is 7.88. The summed E-state index contributed by atoms with van der Waals surface area (Å²) in [4.78, 5) is 16.7. The number of carbonyl (C=O) groups is 1. The average molecular weight is 585 g/mol. The highest BCUT2D eigenvalue weighted by Gasteiger charge is 2.49. The Bertz CT molecular complexity index is 1490. The van der Waals surface area contributed by atoms with Gasteiger partial charge in [0, 0.05) is 18.4 Å². The molecule has 3 aromatic rings. The van der Waals surface area contributed by atoms with E-state index in [2.05, 4.69) is 15.4 Å². The molecule has 1 unspecified atom stereocenters. The minimum Gasteiger partial charge on any atom is -0.444 e. The summed E-state index contributed by atoms with van der Waals surface area (Å²) >= 11 is 0. The fraction of sp³-hybridized carbons (Fsp3) is 0.500. The SMILES string of the molecule is CC(C)(C)OC(=O)NC(C)(C)c1ccc(-c2ccc3c(cnn3C3CCCCO3)c2OS(=O)(=O)C(F)(F)F)nc1. The van der Waals surface area contributed by atoms with E-state index in [0.717, 1.165) is 12.8 Å². The minimum atomic E-state index is -6.01. The van der Waals surface area contributed by atoms with Crippen molar-refractivity contribution in [2.24, 2.45) is 0 Å². The van der Waals surface area contributed by atoms with E-state index in [4.69, 9.17) is 13.7 Å². The lowest BCUT2D eigenvalue weighted by atomic mass is 9.95. The van der Waals surface area contributed by atoms with Gasteiger partial charge in [0.05, 0.1) is 28.3 Å². The number of carbonyl (C=O) groups excluding carboxylic acids is 1. The fourth-order valence-electron chi connectivity index (χ4n) is 4.24. The summed E-state index contributed by atoms with van der Waals surface area (Å²) in [5.74, 6) is -0.553. The Morgan fingerprint density at radius 3 is 2.38 bits per heavy atom. The molecule has 0 aliphatic carbocycles. The van der Waals surface area contributed by atoms with Crippen molar-refractivity contribution in [2.45, 2.75) is 76.8 Å². The molecule has 0 saturated carbocycles. The van der Waals surface area contributed by atoms with Crippen LogP contribution < -0.4 is 9.50 Å². The van der Waals surface area contributed by atoms with Gasteiger partial charge in [-0.3, -0.25) is 4.98 Å². The Labute approximate surface area is 229 Å². The lowest BCUT2D eigenvalue weighted by Gasteiger charge is -2.29. The van der Waals surface area contributed by atoms with Gasteiger partial charge in [0.2, 0.25) is 0 Å². The molecule has 1 atom stereocenters. The van der Waals surface area contributed by atoms with Gasteiger partial charge in [0.25, 0.3) is 0 Å². The van der Waals surface area contributed by atoms with E-state index >= 15 is 0 Å². The fourth-order valence-corrected chi connectivity index (χ4v) is 4.74. The molecule has 218 valence electrons. The summed E-state index contributed by atoms with van der Waals surface area (Å²) in [7, 11) is -6.01. The Kier molecular flexibility index (Phi) is 7.80. The zero-order chi connectivity index (χ0) is 29.5. The number of benzene rings is 1. The molecule has 3 heterocycles. The summed E-state index contributed by atoms with van der Waals surface area (Å²) in [6.07, 6.45) is 4.00. The molecule has 1 saturated heterocycles. The van der Waals surface area contributed by atoms with E-state index < -0.39 is 44.8 Å². The average Bonchev–Trinajstić information content (AvgIpc) is 3.27. The maximum Gasteiger partial charge on any atom is 0.534 e. The van der Waals surface area contributed by atoms with Crippen molar-refractivity contribution in [1.82, 2.24) is 20.1 Å². The van der Waals surface area contributed by atoms with Crippen molar-refractivity contribution in [1.29, 1.82) is 0 Å². The first-order valence-electron chi connectivity index (χ1n) is 12.6. The first-order chi connectivity index (χ1) is 18.5. The van der Waals surface area contributed by atoms with Gasteiger partial charge in [-0.15, -0.1) is 0 Å². The standard InChI is InChI=1S/C26H31F3N4O6S/c1-24(2,3)38-23(34)32-25(4,5)16-9-11-19(30-14-16)17-10-12-20-18(22(17)39-40(35,36)26(27,28)29)15-31-33(20)21-8-6-7-13-37-21/h9-12,14-15,21H,6-8,13H2,1-5H3,(H,32,34). The summed E-state index contributed by atoms with van der Waals surface area (Å²) < 4.78 is 81.4. The molecule has 1 fully saturated rings. The van der Waals surface area contributed by atoms with Crippen LogP contribution in [-0.2, 0) is 25.1 Å². The second kappa shape index (κ2) is 10.5. The number of hydrogen-bond acceptors (Lipinski definition) is 8. The van der Waals surface area contributed by atoms with Gasteiger partial charge in [-0.1, -0.05) is 6.07 Å². The first kappa shape index (κ1) is 29.6. The molecule has 1 N–H and O–H groups in total. The van der Waals surface area contributed by atoms with Crippen LogP contribution in [0.3, 0.4) is 0 Å². The summed E-state index contributed by atoms with van der Waals surface area (Å²) in [6.45, 7) is 9.16. The molecule has 1 amide bonds. The zero-order valence-electron chi connectivity index (χ0n) is 22.7. The Balaban J connectivity index is 1.74. The monoisotopic (exact) mass is 584 g/mol. The van der Waals surface area contributed by atoms with Crippen LogP contribution in [0, 0.1) is 0 Å². The van der Waals surface area contributed by atoms with Crippen molar-refractivity contribution in [3.8, 4) is 17.0 Å². The molecule has 40 heavy (non-hydrogen) atoms. The number of rotatable bonds is 6. The van der Waals surface area contributed by atoms with Crippen LogP contribution in [0.15, 0.2) is 36.7 Å². The van der Waals surface area contributed by atoms with Crippen LogP contribution in [0.5, 0.6) is 5.75 Å². The van der Waals surface area contributed by atoms with Crippen molar-refractivity contribution in [2.75, 3.05) is 6.61 Å². The Morgan fingerprint density at radius 1 is 1.07 bits per heavy atom. The first-order valence-corrected chi connectivity index (χ1v) is 14.0. The Morgan fingerprint density at radius 2 is 1.80 bits per heavy atom. The van der Waals surface area contributed by atoms with Crippen molar-refractivity contribution in [3.05, 3.63) is 42.2 Å². The van der Waals surface area contributed by atoms with Crippen molar-refractivity contribution in [3.63, 3.8) is 0 Å². The summed E-state index contributed by atoms with van der Waals surface area (Å²) in [6, 6.07) is 6.14.